The molecule has 0 heterocycles. The smallest absolute Gasteiger partial charge is 0.257 e. The van der Waals surface area contributed by atoms with E-state index in [2.05, 4.69) is 21.2 Å². The summed E-state index contributed by atoms with van der Waals surface area (Å²) in [7, 11) is 0. The largest absolute Gasteiger partial charge is 0.319 e. The van der Waals surface area contributed by atoms with E-state index in [0.29, 0.717) is 5.02 Å². The summed E-state index contributed by atoms with van der Waals surface area (Å²) in [4.78, 5) is 12.0. The SMILES string of the molecule is O=C(Nc1cc(F)c(Br)cc1F)c1cc(Cl)ccc1Cl. The van der Waals surface area contributed by atoms with Gasteiger partial charge in [-0.25, -0.2) is 8.78 Å². The van der Waals surface area contributed by atoms with Gasteiger partial charge in [-0.05, 0) is 40.2 Å². The number of carbonyl (C=O) groups excluding carboxylic acids is 1. The maximum Gasteiger partial charge on any atom is 0.257 e. The Balaban J connectivity index is 2.32. The van der Waals surface area contributed by atoms with Crippen LogP contribution in [0.5, 0.6) is 0 Å². The van der Waals surface area contributed by atoms with Crippen molar-refractivity contribution in [1.29, 1.82) is 0 Å². The lowest BCUT2D eigenvalue weighted by atomic mass is 10.2. The Hall–Kier alpha value is -1.17. The lowest BCUT2D eigenvalue weighted by Crippen LogP contribution is -2.14. The summed E-state index contributed by atoms with van der Waals surface area (Å²) in [5.41, 5.74) is -0.214. The van der Waals surface area contributed by atoms with Gasteiger partial charge in [0.2, 0.25) is 0 Å². The highest BCUT2D eigenvalue weighted by Gasteiger charge is 2.15. The zero-order chi connectivity index (χ0) is 14.9. The highest BCUT2D eigenvalue weighted by molar-refractivity contribution is 9.10. The normalized spacial score (nSPS) is 10.4. The molecule has 0 bridgehead atoms. The van der Waals surface area contributed by atoms with Gasteiger partial charge in [0.05, 0.1) is 20.7 Å². The van der Waals surface area contributed by atoms with Gasteiger partial charge in [-0.2, -0.15) is 0 Å². The Bertz CT molecular complexity index is 694. The van der Waals surface area contributed by atoms with Gasteiger partial charge in [-0.15, -0.1) is 0 Å². The molecule has 2 rings (SSSR count). The first kappa shape index (κ1) is 15.2. The van der Waals surface area contributed by atoms with Crippen LogP contribution in [0.2, 0.25) is 10.0 Å². The van der Waals surface area contributed by atoms with Crippen molar-refractivity contribution in [1.82, 2.24) is 0 Å². The van der Waals surface area contributed by atoms with Crippen molar-refractivity contribution in [3.63, 3.8) is 0 Å². The van der Waals surface area contributed by atoms with Crippen molar-refractivity contribution < 1.29 is 13.6 Å². The second kappa shape index (κ2) is 6.08. The molecule has 7 heteroatoms. The van der Waals surface area contributed by atoms with Gasteiger partial charge in [0.1, 0.15) is 11.6 Å². The van der Waals surface area contributed by atoms with E-state index in [0.717, 1.165) is 12.1 Å². The molecule has 0 unspecified atom stereocenters. The Morgan fingerprint density at radius 1 is 1.10 bits per heavy atom. The summed E-state index contributed by atoms with van der Waals surface area (Å²) in [5.74, 6) is -2.15. The summed E-state index contributed by atoms with van der Waals surface area (Å²) in [6.45, 7) is 0. The van der Waals surface area contributed by atoms with E-state index in [-0.39, 0.29) is 20.7 Å². The van der Waals surface area contributed by atoms with Gasteiger partial charge >= 0.3 is 0 Å². The minimum atomic E-state index is -0.773. The molecule has 0 fully saturated rings. The Kier molecular flexibility index (Phi) is 4.62. The third kappa shape index (κ3) is 3.29. The summed E-state index contributed by atoms with van der Waals surface area (Å²) in [5, 5.41) is 2.71. The quantitative estimate of drug-likeness (QED) is 0.705. The molecule has 20 heavy (non-hydrogen) atoms. The number of carbonyl (C=O) groups is 1. The van der Waals surface area contributed by atoms with Crippen molar-refractivity contribution in [2.75, 3.05) is 5.32 Å². The molecule has 0 radical (unpaired) electrons. The van der Waals surface area contributed by atoms with Crippen LogP contribution >= 0.6 is 39.1 Å². The average Bonchev–Trinajstić information content (AvgIpc) is 2.38. The van der Waals surface area contributed by atoms with E-state index in [1.54, 1.807) is 0 Å². The van der Waals surface area contributed by atoms with Gasteiger partial charge in [0, 0.05) is 11.1 Å². The Morgan fingerprint density at radius 3 is 2.50 bits per heavy atom. The number of anilines is 1. The molecule has 1 N–H and O–H groups in total. The molecular formula is C13H6BrCl2F2NO. The number of hydrogen-bond acceptors (Lipinski definition) is 1. The highest BCUT2D eigenvalue weighted by Crippen LogP contribution is 2.25. The van der Waals surface area contributed by atoms with Crippen LogP contribution in [0, 0.1) is 11.6 Å². The molecule has 0 aliphatic carbocycles. The first-order valence-corrected chi connectivity index (χ1v) is 6.84. The molecule has 0 atom stereocenters. The van der Waals surface area contributed by atoms with Crippen LogP contribution in [0.15, 0.2) is 34.8 Å². The van der Waals surface area contributed by atoms with Gasteiger partial charge in [-0.3, -0.25) is 4.79 Å². The van der Waals surface area contributed by atoms with Gasteiger partial charge in [0.25, 0.3) is 5.91 Å². The van der Waals surface area contributed by atoms with Crippen LogP contribution in [-0.2, 0) is 0 Å². The first-order valence-electron chi connectivity index (χ1n) is 5.29. The zero-order valence-corrected chi connectivity index (χ0v) is 12.8. The van der Waals surface area contributed by atoms with Crippen molar-refractivity contribution >= 4 is 50.7 Å². The van der Waals surface area contributed by atoms with Gasteiger partial charge in [-0.1, -0.05) is 23.2 Å². The lowest BCUT2D eigenvalue weighted by Gasteiger charge is -2.09. The van der Waals surface area contributed by atoms with E-state index in [9.17, 15) is 13.6 Å². The number of amides is 1. The van der Waals surface area contributed by atoms with Crippen LogP contribution in [0.3, 0.4) is 0 Å². The number of benzene rings is 2. The molecular weight excluding hydrogens is 375 g/mol. The molecule has 1 amide bonds. The second-order valence-electron chi connectivity index (χ2n) is 3.82. The van der Waals surface area contributed by atoms with Crippen LogP contribution in [0.25, 0.3) is 0 Å². The number of halogens is 5. The molecule has 104 valence electrons. The van der Waals surface area contributed by atoms with Crippen LogP contribution < -0.4 is 5.32 Å². The third-order valence-corrected chi connectivity index (χ3v) is 3.60. The Labute approximate surface area is 131 Å². The van der Waals surface area contributed by atoms with Crippen molar-refractivity contribution in [2.24, 2.45) is 0 Å². The molecule has 2 nitrogen and oxygen atoms in total. The molecule has 0 saturated carbocycles. The van der Waals surface area contributed by atoms with E-state index in [1.807, 2.05) is 0 Å². The zero-order valence-electron chi connectivity index (χ0n) is 9.68. The Morgan fingerprint density at radius 2 is 1.80 bits per heavy atom. The summed E-state index contributed by atoms with van der Waals surface area (Å²) in [6, 6.07) is 6.09. The van der Waals surface area contributed by atoms with Crippen molar-refractivity contribution in [3.8, 4) is 0 Å². The van der Waals surface area contributed by atoms with Gasteiger partial charge in [0.15, 0.2) is 0 Å². The minimum absolute atomic E-state index is 0.0335. The molecule has 2 aromatic carbocycles. The van der Waals surface area contributed by atoms with Crippen LogP contribution in [0.4, 0.5) is 14.5 Å². The predicted octanol–water partition coefficient (Wildman–Crippen LogP) is 5.29. The third-order valence-electron chi connectivity index (χ3n) is 2.43. The molecule has 0 spiro atoms. The average molecular weight is 381 g/mol. The van der Waals surface area contributed by atoms with E-state index in [4.69, 9.17) is 23.2 Å². The van der Waals surface area contributed by atoms with E-state index >= 15 is 0 Å². The standard InChI is InChI=1S/C13H6BrCl2F2NO/c14-8-4-11(18)12(5-10(8)17)19-13(20)7-3-6(15)1-2-9(7)16/h1-5H,(H,19,20). The first-order chi connectivity index (χ1) is 9.38. The maximum atomic E-state index is 13.6. The molecule has 0 aromatic heterocycles. The summed E-state index contributed by atoms with van der Waals surface area (Å²) < 4.78 is 26.9. The fraction of sp³-hybridized carbons (Fsp3) is 0. The second-order valence-corrected chi connectivity index (χ2v) is 5.52. The number of nitrogens with one attached hydrogen (secondary N) is 1. The maximum absolute atomic E-state index is 13.6. The monoisotopic (exact) mass is 379 g/mol. The minimum Gasteiger partial charge on any atom is -0.319 e. The lowest BCUT2D eigenvalue weighted by molar-refractivity contribution is 0.102. The summed E-state index contributed by atoms with van der Waals surface area (Å²) >= 11 is 14.5. The number of rotatable bonds is 2. The number of hydrogen-bond donors (Lipinski definition) is 1. The summed E-state index contributed by atoms with van der Waals surface area (Å²) in [6.07, 6.45) is 0. The molecule has 0 aliphatic rings. The van der Waals surface area contributed by atoms with Crippen molar-refractivity contribution in [3.05, 3.63) is 62.0 Å². The fourth-order valence-corrected chi connectivity index (χ4v) is 2.17. The fourth-order valence-electron chi connectivity index (χ4n) is 1.48. The van der Waals surface area contributed by atoms with Gasteiger partial charge < -0.3 is 5.32 Å². The van der Waals surface area contributed by atoms with E-state index < -0.39 is 17.5 Å². The van der Waals surface area contributed by atoms with E-state index in [1.165, 1.54) is 18.2 Å². The topological polar surface area (TPSA) is 29.1 Å². The molecule has 0 saturated heterocycles. The van der Waals surface area contributed by atoms with Crippen LogP contribution in [-0.4, -0.2) is 5.91 Å². The molecule has 0 aliphatic heterocycles. The predicted molar refractivity (Wildman–Crippen MR) is 78.5 cm³/mol. The van der Waals surface area contributed by atoms with Crippen LogP contribution in [0.1, 0.15) is 10.4 Å². The highest BCUT2D eigenvalue weighted by atomic mass is 79.9. The van der Waals surface area contributed by atoms with Crippen molar-refractivity contribution in [2.45, 2.75) is 0 Å². The molecule has 2 aromatic rings.